The molecular weight excluding hydrogens is 248 g/mol. The summed E-state index contributed by atoms with van der Waals surface area (Å²) in [6, 6.07) is 1.88. The first-order valence-corrected chi connectivity index (χ1v) is 7.04. The number of hydrogen-bond donors (Lipinski definition) is 0. The Balaban J connectivity index is 1.87. The minimum absolute atomic E-state index is 0.0447. The van der Waals surface area contributed by atoms with Gasteiger partial charge in [-0.25, -0.2) is 4.98 Å². The molecule has 1 aliphatic rings. The first-order chi connectivity index (χ1) is 8.55. The first-order valence-electron chi connectivity index (χ1n) is 6.16. The van der Waals surface area contributed by atoms with E-state index in [1.807, 2.05) is 11.4 Å². The van der Waals surface area contributed by atoms with Gasteiger partial charge in [0.1, 0.15) is 4.70 Å². The topological polar surface area (TPSA) is 44.1 Å². The maximum absolute atomic E-state index is 12.2. The Morgan fingerprint density at radius 3 is 3.17 bits per heavy atom. The van der Waals surface area contributed by atoms with Crippen molar-refractivity contribution in [1.29, 1.82) is 0 Å². The van der Waals surface area contributed by atoms with Crippen molar-refractivity contribution in [3.05, 3.63) is 28.1 Å². The van der Waals surface area contributed by atoms with Crippen LogP contribution in [0.2, 0.25) is 0 Å². The highest BCUT2D eigenvalue weighted by molar-refractivity contribution is 7.17. The molecule has 2 aromatic heterocycles. The van der Waals surface area contributed by atoms with E-state index >= 15 is 0 Å². The summed E-state index contributed by atoms with van der Waals surface area (Å²) in [6.07, 6.45) is 3.80. The van der Waals surface area contributed by atoms with E-state index in [1.54, 1.807) is 10.9 Å². The van der Waals surface area contributed by atoms with Gasteiger partial charge in [-0.2, -0.15) is 0 Å². The van der Waals surface area contributed by atoms with Gasteiger partial charge in [0.05, 0.1) is 30.1 Å². The molecule has 1 unspecified atom stereocenters. The third-order valence-corrected chi connectivity index (χ3v) is 4.28. The lowest BCUT2D eigenvalue weighted by Gasteiger charge is -2.19. The van der Waals surface area contributed by atoms with Crippen molar-refractivity contribution in [2.24, 2.45) is 0 Å². The van der Waals surface area contributed by atoms with Crippen LogP contribution >= 0.6 is 11.3 Å². The molecule has 1 atom stereocenters. The average molecular weight is 264 g/mol. The second kappa shape index (κ2) is 4.17. The van der Waals surface area contributed by atoms with Gasteiger partial charge in [-0.1, -0.05) is 0 Å². The molecule has 1 fully saturated rings. The Hall–Kier alpha value is -1.20. The molecule has 0 bridgehead atoms. The molecule has 0 saturated carbocycles. The van der Waals surface area contributed by atoms with Gasteiger partial charge in [0.15, 0.2) is 0 Å². The molecule has 0 amide bonds. The molecule has 3 rings (SSSR count). The van der Waals surface area contributed by atoms with Gasteiger partial charge in [-0.3, -0.25) is 9.36 Å². The molecule has 3 heterocycles. The molecule has 4 nitrogen and oxygen atoms in total. The maximum atomic E-state index is 12.2. The zero-order chi connectivity index (χ0) is 12.8. The molecule has 0 N–H and O–H groups in total. The smallest absolute Gasteiger partial charge is 0.271 e. The third-order valence-electron chi connectivity index (χ3n) is 3.39. The van der Waals surface area contributed by atoms with Crippen LogP contribution in [0.25, 0.3) is 10.2 Å². The Labute approximate surface area is 109 Å². The summed E-state index contributed by atoms with van der Waals surface area (Å²) in [7, 11) is 0. The third kappa shape index (κ3) is 2.08. The van der Waals surface area contributed by atoms with E-state index in [9.17, 15) is 4.79 Å². The second-order valence-corrected chi connectivity index (χ2v) is 6.29. The lowest BCUT2D eigenvalue weighted by atomic mass is 10.1. The molecule has 0 aromatic carbocycles. The van der Waals surface area contributed by atoms with Crippen molar-refractivity contribution in [3.8, 4) is 0 Å². The van der Waals surface area contributed by atoms with Crippen molar-refractivity contribution < 1.29 is 4.74 Å². The summed E-state index contributed by atoms with van der Waals surface area (Å²) in [5.74, 6) is 0. The molecule has 0 spiro atoms. The average Bonchev–Trinajstić information content (AvgIpc) is 2.89. The van der Waals surface area contributed by atoms with Gasteiger partial charge in [0.25, 0.3) is 5.56 Å². The van der Waals surface area contributed by atoms with Gasteiger partial charge in [-0.05, 0) is 38.1 Å². The fourth-order valence-electron chi connectivity index (χ4n) is 2.43. The standard InChI is InChI=1S/C13H16N2O2S/c1-13(2)5-3-9(17-13)7-15-8-14-10-4-6-18-11(10)12(15)16/h4,6,8-9H,3,5,7H2,1-2H3. The van der Waals surface area contributed by atoms with Crippen molar-refractivity contribution in [2.75, 3.05) is 0 Å². The number of nitrogens with zero attached hydrogens (tertiary/aromatic N) is 2. The second-order valence-electron chi connectivity index (χ2n) is 5.38. The van der Waals surface area contributed by atoms with E-state index in [1.165, 1.54) is 11.3 Å². The number of fused-ring (bicyclic) bond motifs is 1. The SMILES string of the molecule is CC1(C)CCC(Cn2cnc3ccsc3c2=O)O1. The Morgan fingerprint density at radius 2 is 2.44 bits per heavy atom. The highest BCUT2D eigenvalue weighted by Crippen LogP contribution is 2.29. The van der Waals surface area contributed by atoms with Crippen LogP contribution in [0.15, 0.2) is 22.6 Å². The summed E-state index contributed by atoms with van der Waals surface area (Å²) < 4.78 is 8.32. The number of ether oxygens (including phenoxy) is 1. The monoisotopic (exact) mass is 264 g/mol. The van der Waals surface area contributed by atoms with Gasteiger partial charge in [0, 0.05) is 0 Å². The number of rotatable bonds is 2. The maximum Gasteiger partial charge on any atom is 0.271 e. The van der Waals surface area contributed by atoms with E-state index in [4.69, 9.17) is 4.74 Å². The van der Waals surface area contributed by atoms with E-state index in [-0.39, 0.29) is 17.3 Å². The number of thiophene rings is 1. The zero-order valence-corrected chi connectivity index (χ0v) is 11.4. The van der Waals surface area contributed by atoms with Crippen LogP contribution in [-0.2, 0) is 11.3 Å². The highest BCUT2D eigenvalue weighted by atomic mass is 32.1. The Bertz CT molecular complexity index is 629. The van der Waals surface area contributed by atoms with E-state index in [0.717, 1.165) is 23.1 Å². The van der Waals surface area contributed by atoms with Gasteiger partial charge in [-0.15, -0.1) is 11.3 Å². The molecule has 1 aliphatic heterocycles. The molecule has 5 heteroatoms. The molecule has 96 valence electrons. The number of aromatic nitrogens is 2. The summed E-state index contributed by atoms with van der Waals surface area (Å²) in [5.41, 5.74) is 0.770. The fourth-order valence-corrected chi connectivity index (χ4v) is 3.23. The van der Waals surface area contributed by atoms with Crippen LogP contribution in [0.4, 0.5) is 0 Å². The summed E-state index contributed by atoms with van der Waals surface area (Å²) in [4.78, 5) is 16.5. The summed E-state index contributed by atoms with van der Waals surface area (Å²) in [5, 5.41) is 1.90. The van der Waals surface area contributed by atoms with Crippen LogP contribution in [-0.4, -0.2) is 21.3 Å². The summed E-state index contributed by atoms with van der Waals surface area (Å²) >= 11 is 1.45. The molecule has 18 heavy (non-hydrogen) atoms. The van der Waals surface area contributed by atoms with Gasteiger partial charge in [0.2, 0.25) is 0 Å². The molecule has 0 aliphatic carbocycles. The van der Waals surface area contributed by atoms with Crippen LogP contribution in [0.1, 0.15) is 26.7 Å². The molecule has 1 saturated heterocycles. The quantitative estimate of drug-likeness (QED) is 0.836. The normalized spacial score (nSPS) is 22.7. The van der Waals surface area contributed by atoms with Crippen molar-refractivity contribution in [1.82, 2.24) is 9.55 Å². The minimum atomic E-state index is -0.0608. The Morgan fingerprint density at radius 1 is 1.61 bits per heavy atom. The van der Waals surface area contributed by atoms with Crippen LogP contribution in [0.3, 0.4) is 0 Å². The predicted octanol–water partition coefficient (Wildman–Crippen LogP) is 2.42. The molecule has 0 radical (unpaired) electrons. The van der Waals surface area contributed by atoms with E-state index in [2.05, 4.69) is 18.8 Å². The van der Waals surface area contributed by atoms with Crippen molar-refractivity contribution in [3.63, 3.8) is 0 Å². The van der Waals surface area contributed by atoms with Crippen LogP contribution in [0, 0.1) is 0 Å². The highest BCUT2D eigenvalue weighted by Gasteiger charge is 2.31. The number of hydrogen-bond acceptors (Lipinski definition) is 4. The lowest BCUT2D eigenvalue weighted by molar-refractivity contribution is -0.0220. The largest absolute Gasteiger partial charge is 0.370 e. The lowest BCUT2D eigenvalue weighted by Crippen LogP contribution is -2.28. The predicted molar refractivity (Wildman–Crippen MR) is 72.1 cm³/mol. The first kappa shape index (κ1) is 11.9. The van der Waals surface area contributed by atoms with Gasteiger partial charge >= 0.3 is 0 Å². The van der Waals surface area contributed by atoms with Crippen molar-refractivity contribution in [2.45, 2.75) is 44.9 Å². The van der Waals surface area contributed by atoms with Gasteiger partial charge < -0.3 is 4.74 Å². The van der Waals surface area contributed by atoms with Crippen LogP contribution < -0.4 is 5.56 Å². The summed E-state index contributed by atoms with van der Waals surface area (Å²) in [6.45, 7) is 4.79. The van der Waals surface area contributed by atoms with Crippen molar-refractivity contribution >= 4 is 21.6 Å². The molecular formula is C13H16N2O2S. The van der Waals surface area contributed by atoms with Crippen LogP contribution in [0.5, 0.6) is 0 Å². The molecule has 2 aromatic rings. The Kier molecular flexibility index (Phi) is 2.75. The van der Waals surface area contributed by atoms with E-state index in [0.29, 0.717) is 6.54 Å². The fraction of sp³-hybridized carbons (Fsp3) is 0.538. The zero-order valence-electron chi connectivity index (χ0n) is 10.5. The minimum Gasteiger partial charge on any atom is -0.370 e. The van der Waals surface area contributed by atoms with E-state index < -0.39 is 0 Å².